The molecule has 0 aliphatic carbocycles. The molecule has 32 heavy (non-hydrogen) atoms. The maximum atomic E-state index is 13.6. The highest BCUT2D eigenvalue weighted by Crippen LogP contribution is 2.33. The van der Waals surface area contributed by atoms with Crippen molar-refractivity contribution in [3.8, 4) is 5.82 Å². The second-order valence-electron chi connectivity index (χ2n) is 7.19. The summed E-state index contributed by atoms with van der Waals surface area (Å²) in [6.07, 6.45) is 0.0130. The molecule has 1 atom stereocenters. The first-order valence-corrected chi connectivity index (χ1v) is 11.2. The molecule has 13 heteroatoms. The number of rotatable bonds is 6. The van der Waals surface area contributed by atoms with Gasteiger partial charge in [-0.3, -0.25) is 0 Å². The van der Waals surface area contributed by atoms with E-state index in [1.54, 1.807) is 12.4 Å². The van der Waals surface area contributed by atoms with E-state index in [-0.39, 0.29) is 16.8 Å². The van der Waals surface area contributed by atoms with Gasteiger partial charge in [-0.15, -0.1) is 0 Å². The van der Waals surface area contributed by atoms with Crippen LogP contribution in [0.25, 0.3) is 5.82 Å². The third-order valence-corrected chi connectivity index (χ3v) is 6.55. The van der Waals surface area contributed by atoms with Gasteiger partial charge in [0.2, 0.25) is 16.0 Å². The van der Waals surface area contributed by atoms with Crippen LogP contribution in [0.4, 0.5) is 24.8 Å². The van der Waals surface area contributed by atoms with Crippen molar-refractivity contribution in [2.24, 2.45) is 0 Å². The van der Waals surface area contributed by atoms with Crippen molar-refractivity contribution in [3.63, 3.8) is 0 Å². The molecule has 3 aromatic rings. The zero-order chi connectivity index (χ0) is 22.9. The maximum absolute atomic E-state index is 13.6. The van der Waals surface area contributed by atoms with Crippen molar-refractivity contribution in [3.05, 3.63) is 54.0 Å². The summed E-state index contributed by atoms with van der Waals surface area (Å²) < 4.78 is 67.7. The van der Waals surface area contributed by atoms with Crippen molar-refractivity contribution >= 4 is 21.7 Å². The zero-order valence-electron chi connectivity index (χ0n) is 16.9. The highest BCUT2D eigenvalue weighted by molar-refractivity contribution is 7.89. The third kappa shape index (κ3) is 4.59. The molecule has 0 radical (unpaired) electrons. The molecule has 9 nitrogen and oxygen atoms in total. The normalized spacial score (nSPS) is 16.9. The molecule has 0 spiro atoms. The number of nitrogens with zero attached hydrogens (tertiary/aromatic N) is 4. The van der Waals surface area contributed by atoms with Crippen LogP contribution in [0.3, 0.4) is 0 Å². The topological polar surface area (TPSA) is 114 Å². The second-order valence-corrected chi connectivity index (χ2v) is 9.08. The lowest BCUT2D eigenvalue weighted by atomic mass is 10.0. The number of sulfonamides is 1. The number of alkyl halides is 3. The van der Waals surface area contributed by atoms with Gasteiger partial charge in [-0.1, -0.05) is 0 Å². The van der Waals surface area contributed by atoms with Crippen LogP contribution < -0.4 is 15.4 Å². The molecule has 2 aromatic heterocycles. The lowest BCUT2D eigenvalue weighted by molar-refractivity contribution is -0.138. The van der Waals surface area contributed by atoms with Crippen LogP contribution in [0.5, 0.6) is 0 Å². The molecule has 0 bridgehead atoms. The van der Waals surface area contributed by atoms with Gasteiger partial charge in [0.1, 0.15) is 5.56 Å². The molecule has 1 fully saturated rings. The largest absolute Gasteiger partial charge is 0.421 e. The summed E-state index contributed by atoms with van der Waals surface area (Å²) in [6.45, 7) is 1.59. The first-order valence-electron chi connectivity index (χ1n) is 9.68. The standard InChI is InChI=1S/C19H20F3N7O2S/c1-23-32(30,31)15-4-2-14(3-5-15)27-18-25-10-16(19(20,21)22)17(28-18)29-11-13(9-26-29)12-6-7-24-8-12/h2-5,9-12,23-24H,6-8H2,1H3,(H,25,27,28)/t12-/m0/s1. The fraction of sp³-hybridized carbons (Fsp3) is 0.316. The Morgan fingerprint density at radius 3 is 2.56 bits per heavy atom. The van der Waals surface area contributed by atoms with Crippen LogP contribution in [0.2, 0.25) is 0 Å². The zero-order valence-corrected chi connectivity index (χ0v) is 17.7. The van der Waals surface area contributed by atoms with E-state index in [4.69, 9.17) is 0 Å². The Labute approximate surface area is 182 Å². The smallest absolute Gasteiger partial charge is 0.324 e. The summed E-state index contributed by atoms with van der Waals surface area (Å²) in [6, 6.07) is 5.64. The number of nitrogens with one attached hydrogen (secondary N) is 3. The minimum Gasteiger partial charge on any atom is -0.324 e. The number of hydrogen-bond donors (Lipinski definition) is 3. The van der Waals surface area contributed by atoms with Gasteiger partial charge in [0.05, 0.1) is 11.1 Å². The van der Waals surface area contributed by atoms with E-state index in [9.17, 15) is 21.6 Å². The first-order chi connectivity index (χ1) is 15.2. The highest BCUT2D eigenvalue weighted by atomic mass is 32.2. The number of hydrogen-bond acceptors (Lipinski definition) is 7. The Morgan fingerprint density at radius 2 is 1.94 bits per heavy atom. The number of anilines is 2. The van der Waals surface area contributed by atoms with E-state index in [1.165, 1.54) is 31.3 Å². The van der Waals surface area contributed by atoms with Crippen molar-refractivity contribution in [2.75, 3.05) is 25.5 Å². The third-order valence-electron chi connectivity index (χ3n) is 5.11. The molecular weight excluding hydrogens is 447 g/mol. The Balaban J connectivity index is 1.65. The molecule has 1 aromatic carbocycles. The van der Waals surface area contributed by atoms with E-state index in [0.29, 0.717) is 11.9 Å². The first kappa shape index (κ1) is 22.2. The van der Waals surface area contributed by atoms with E-state index in [0.717, 1.165) is 29.8 Å². The maximum Gasteiger partial charge on any atom is 0.421 e. The Morgan fingerprint density at radius 1 is 1.19 bits per heavy atom. The van der Waals surface area contributed by atoms with Crippen LogP contribution >= 0.6 is 0 Å². The molecule has 1 aliphatic rings. The molecule has 0 unspecified atom stereocenters. The summed E-state index contributed by atoms with van der Waals surface area (Å²) >= 11 is 0. The molecule has 0 amide bonds. The van der Waals surface area contributed by atoms with Gasteiger partial charge in [-0.25, -0.2) is 22.8 Å². The molecule has 0 saturated carbocycles. The monoisotopic (exact) mass is 467 g/mol. The van der Waals surface area contributed by atoms with Gasteiger partial charge in [-0.05, 0) is 49.8 Å². The Kier molecular flexibility index (Phi) is 5.88. The van der Waals surface area contributed by atoms with E-state index < -0.39 is 27.6 Å². The van der Waals surface area contributed by atoms with E-state index >= 15 is 0 Å². The van der Waals surface area contributed by atoms with Crippen molar-refractivity contribution in [2.45, 2.75) is 23.4 Å². The predicted molar refractivity (Wildman–Crippen MR) is 110 cm³/mol. The summed E-state index contributed by atoms with van der Waals surface area (Å²) in [4.78, 5) is 7.86. The van der Waals surface area contributed by atoms with Gasteiger partial charge in [-0.2, -0.15) is 23.3 Å². The molecule has 4 rings (SSSR count). The molecule has 1 saturated heterocycles. The Bertz CT molecular complexity index is 1200. The molecule has 3 N–H and O–H groups in total. The SMILES string of the molecule is CNS(=O)(=O)c1ccc(Nc2ncc(C(F)(F)F)c(-n3cc([C@H]4CCNC4)cn3)n2)cc1. The second kappa shape index (κ2) is 8.48. The molecular formula is C19H20F3N7O2S. The van der Waals surface area contributed by atoms with E-state index in [1.807, 2.05) is 0 Å². The lowest BCUT2D eigenvalue weighted by Crippen LogP contribution is -2.18. The van der Waals surface area contributed by atoms with Crippen LogP contribution in [0, 0.1) is 0 Å². The highest BCUT2D eigenvalue weighted by Gasteiger charge is 2.36. The van der Waals surface area contributed by atoms with Gasteiger partial charge >= 0.3 is 6.18 Å². The summed E-state index contributed by atoms with van der Waals surface area (Å²) in [7, 11) is -2.31. The van der Waals surface area contributed by atoms with Crippen LogP contribution in [0.1, 0.15) is 23.5 Å². The average molecular weight is 467 g/mol. The summed E-state index contributed by atoms with van der Waals surface area (Å²) in [5.41, 5.74) is 0.222. The van der Waals surface area contributed by atoms with Gasteiger partial charge in [0.25, 0.3) is 0 Å². The molecule has 3 heterocycles. The van der Waals surface area contributed by atoms with Gasteiger partial charge in [0.15, 0.2) is 5.82 Å². The average Bonchev–Trinajstić information content (AvgIpc) is 3.45. The lowest BCUT2D eigenvalue weighted by Gasteiger charge is -2.13. The van der Waals surface area contributed by atoms with Crippen LogP contribution in [0.15, 0.2) is 47.8 Å². The Hall–Kier alpha value is -3.03. The number of aromatic nitrogens is 4. The predicted octanol–water partition coefficient (Wildman–Crippen LogP) is 2.41. The minimum atomic E-state index is -4.67. The number of halogens is 3. The van der Waals surface area contributed by atoms with Crippen molar-refractivity contribution < 1.29 is 21.6 Å². The summed E-state index contributed by atoms with van der Waals surface area (Å²) in [5.74, 6) is -0.302. The quantitative estimate of drug-likeness (QED) is 0.510. The fourth-order valence-electron chi connectivity index (χ4n) is 3.37. The van der Waals surface area contributed by atoms with Crippen molar-refractivity contribution in [1.82, 2.24) is 29.8 Å². The fourth-order valence-corrected chi connectivity index (χ4v) is 4.10. The van der Waals surface area contributed by atoms with Crippen LogP contribution in [-0.2, 0) is 16.2 Å². The molecule has 170 valence electrons. The van der Waals surface area contributed by atoms with Crippen molar-refractivity contribution in [1.29, 1.82) is 0 Å². The molecule has 1 aliphatic heterocycles. The summed E-state index contributed by atoms with van der Waals surface area (Å²) in [5, 5.41) is 10.1. The van der Waals surface area contributed by atoms with Gasteiger partial charge in [0, 0.05) is 30.5 Å². The number of benzene rings is 1. The van der Waals surface area contributed by atoms with E-state index in [2.05, 4.69) is 30.4 Å². The van der Waals surface area contributed by atoms with Gasteiger partial charge < -0.3 is 10.6 Å². The van der Waals surface area contributed by atoms with Crippen LogP contribution in [-0.4, -0.2) is 48.3 Å². The minimum absolute atomic E-state index is 0.0463.